The number of benzene rings is 2. The number of nitrogens with zero attached hydrogens (tertiary/aromatic N) is 1. The summed E-state index contributed by atoms with van der Waals surface area (Å²) in [6, 6.07) is 14.8. The fraction of sp³-hybridized carbons (Fsp3) is 0.273. The first-order valence-electron chi connectivity index (χ1n) is 9.54. The second-order valence-corrected chi connectivity index (χ2v) is 7.88. The van der Waals surface area contributed by atoms with Gasteiger partial charge in [0.15, 0.2) is 11.5 Å². The molecule has 1 fully saturated rings. The van der Waals surface area contributed by atoms with Gasteiger partial charge in [-0.05, 0) is 48.7 Å². The molecule has 1 atom stereocenters. The van der Waals surface area contributed by atoms with Crippen LogP contribution in [0.4, 0.5) is 5.69 Å². The van der Waals surface area contributed by atoms with Crippen molar-refractivity contribution in [3.05, 3.63) is 64.3 Å². The van der Waals surface area contributed by atoms with E-state index in [1.165, 1.54) is 4.90 Å². The van der Waals surface area contributed by atoms with E-state index in [2.05, 4.69) is 21.2 Å². The molecule has 150 valence electrons. The minimum atomic E-state index is -0.351. The second kappa shape index (κ2) is 8.80. The van der Waals surface area contributed by atoms with Crippen molar-refractivity contribution < 1.29 is 19.1 Å². The Morgan fingerprint density at radius 3 is 2.90 bits per heavy atom. The maximum absolute atomic E-state index is 13.1. The van der Waals surface area contributed by atoms with Crippen LogP contribution in [0.2, 0.25) is 0 Å². The minimum Gasteiger partial charge on any atom is -0.449 e. The molecule has 2 aliphatic heterocycles. The lowest BCUT2D eigenvalue weighted by Gasteiger charge is -2.30. The third-order valence-electron chi connectivity index (χ3n) is 4.83. The molecule has 2 amide bonds. The van der Waals surface area contributed by atoms with E-state index in [1.807, 2.05) is 36.4 Å². The summed E-state index contributed by atoms with van der Waals surface area (Å²) < 4.78 is 12.3. The van der Waals surface area contributed by atoms with Gasteiger partial charge in [0.25, 0.3) is 5.91 Å². The van der Waals surface area contributed by atoms with Crippen LogP contribution in [0.25, 0.3) is 6.08 Å². The van der Waals surface area contributed by atoms with E-state index < -0.39 is 0 Å². The number of halogens is 1. The first kappa shape index (κ1) is 19.7. The van der Waals surface area contributed by atoms with E-state index in [0.717, 1.165) is 29.5 Å². The van der Waals surface area contributed by atoms with Crippen LogP contribution >= 0.6 is 15.9 Å². The van der Waals surface area contributed by atoms with Crippen LogP contribution in [0.3, 0.4) is 0 Å². The van der Waals surface area contributed by atoms with Crippen LogP contribution in [0.5, 0.6) is 5.75 Å². The number of fused-ring (bicyclic) bond motifs is 1. The molecular formula is C22H21BrN2O4. The number of ether oxygens (including phenoxy) is 2. The highest BCUT2D eigenvalue weighted by Crippen LogP contribution is 2.35. The Morgan fingerprint density at radius 1 is 1.24 bits per heavy atom. The van der Waals surface area contributed by atoms with Crippen molar-refractivity contribution in [3.63, 3.8) is 0 Å². The number of carbonyl (C=O) groups is 2. The highest BCUT2D eigenvalue weighted by atomic mass is 79.9. The summed E-state index contributed by atoms with van der Waals surface area (Å²) in [6.07, 6.45) is 3.69. The number of nitrogens with one attached hydrogen (secondary N) is 1. The van der Waals surface area contributed by atoms with Gasteiger partial charge in [-0.1, -0.05) is 40.2 Å². The quantitative estimate of drug-likeness (QED) is 0.698. The van der Waals surface area contributed by atoms with Crippen molar-refractivity contribution in [1.29, 1.82) is 0 Å². The fourth-order valence-electron chi connectivity index (χ4n) is 3.40. The number of carbonyl (C=O) groups excluding carboxylic acids is 2. The van der Waals surface area contributed by atoms with Crippen LogP contribution in [0.1, 0.15) is 18.4 Å². The van der Waals surface area contributed by atoms with Gasteiger partial charge in [-0.2, -0.15) is 0 Å². The molecule has 0 bridgehead atoms. The summed E-state index contributed by atoms with van der Waals surface area (Å²) in [5.41, 5.74) is 1.40. The average Bonchev–Trinajstić information content (AvgIpc) is 3.23. The summed E-state index contributed by atoms with van der Waals surface area (Å²) in [6.45, 7) is 1.11. The Labute approximate surface area is 177 Å². The molecule has 2 heterocycles. The molecule has 0 aromatic heterocycles. The van der Waals surface area contributed by atoms with Crippen molar-refractivity contribution >= 4 is 39.5 Å². The summed E-state index contributed by atoms with van der Waals surface area (Å²) in [4.78, 5) is 27.0. The molecule has 2 aromatic rings. The maximum Gasteiger partial charge on any atom is 0.294 e. The smallest absolute Gasteiger partial charge is 0.294 e. The summed E-state index contributed by atoms with van der Waals surface area (Å²) in [5.74, 6) is 0.136. The number of rotatable bonds is 5. The predicted molar refractivity (Wildman–Crippen MR) is 114 cm³/mol. The Kier molecular flexibility index (Phi) is 5.97. The number of amides is 2. The van der Waals surface area contributed by atoms with Crippen LogP contribution < -0.4 is 15.0 Å². The topological polar surface area (TPSA) is 67.9 Å². The third kappa shape index (κ3) is 4.68. The fourth-order valence-corrected chi connectivity index (χ4v) is 3.82. The van der Waals surface area contributed by atoms with Crippen LogP contribution in [-0.2, 0) is 14.3 Å². The van der Waals surface area contributed by atoms with Gasteiger partial charge >= 0.3 is 0 Å². The lowest BCUT2D eigenvalue weighted by molar-refractivity contribution is -0.123. The van der Waals surface area contributed by atoms with Gasteiger partial charge in [0, 0.05) is 17.6 Å². The number of para-hydroxylation sites is 2. The molecule has 4 rings (SSSR count). The molecule has 0 aliphatic carbocycles. The van der Waals surface area contributed by atoms with E-state index in [4.69, 9.17) is 9.47 Å². The van der Waals surface area contributed by atoms with E-state index in [1.54, 1.807) is 18.2 Å². The van der Waals surface area contributed by atoms with E-state index >= 15 is 0 Å². The molecular weight excluding hydrogens is 436 g/mol. The number of hydrogen-bond acceptors (Lipinski definition) is 4. The molecule has 0 spiro atoms. The maximum atomic E-state index is 13.1. The van der Waals surface area contributed by atoms with Gasteiger partial charge in [0.05, 0.1) is 11.8 Å². The molecule has 2 aromatic carbocycles. The molecule has 2 aliphatic rings. The molecule has 0 saturated carbocycles. The minimum absolute atomic E-state index is 0.0543. The largest absolute Gasteiger partial charge is 0.449 e. The predicted octanol–water partition coefficient (Wildman–Crippen LogP) is 3.51. The zero-order valence-corrected chi connectivity index (χ0v) is 17.4. The normalized spacial score (nSPS) is 19.8. The molecule has 7 heteroatoms. The summed E-state index contributed by atoms with van der Waals surface area (Å²) in [5, 5.41) is 2.87. The van der Waals surface area contributed by atoms with E-state index in [9.17, 15) is 9.59 Å². The standard InChI is InChI=1S/C22H21BrN2O4/c23-16-6-3-5-15(11-16)12-20-22(27)25(18-8-1-2-9-19(18)29-20)14-21(26)24-13-17-7-4-10-28-17/h1-3,5-6,8-9,11-12,17H,4,7,10,13-14H2,(H,24,26)/b20-12+. The first-order chi connectivity index (χ1) is 14.1. The van der Waals surface area contributed by atoms with Crippen LogP contribution in [0.15, 0.2) is 58.8 Å². The van der Waals surface area contributed by atoms with Crippen molar-refractivity contribution in [3.8, 4) is 5.75 Å². The lowest BCUT2D eigenvalue weighted by Crippen LogP contribution is -2.45. The highest BCUT2D eigenvalue weighted by Gasteiger charge is 2.31. The van der Waals surface area contributed by atoms with Gasteiger partial charge in [0.2, 0.25) is 5.91 Å². The monoisotopic (exact) mass is 456 g/mol. The van der Waals surface area contributed by atoms with Gasteiger partial charge in [0.1, 0.15) is 6.54 Å². The van der Waals surface area contributed by atoms with Crippen molar-refractivity contribution in [1.82, 2.24) is 5.32 Å². The first-order valence-corrected chi connectivity index (χ1v) is 10.3. The molecule has 6 nitrogen and oxygen atoms in total. The van der Waals surface area contributed by atoms with Crippen molar-refractivity contribution in [2.75, 3.05) is 24.6 Å². The molecule has 1 unspecified atom stereocenters. The van der Waals surface area contributed by atoms with Crippen LogP contribution in [0, 0.1) is 0 Å². The Hall–Kier alpha value is -2.64. The Bertz CT molecular complexity index is 953. The Morgan fingerprint density at radius 2 is 2.10 bits per heavy atom. The SMILES string of the molecule is O=C(CN1C(=O)/C(=C\c2cccc(Br)c2)Oc2ccccc21)NCC1CCCO1. The molecule has 29 heavy (non-hydrogen) atoms. The van der Waals surface area contributed by atoms with E-state index in [0.29, 0.717) is 18.0 Å². The van der Waals surface area contributed by atoms with Crippen LogP contribution in [-0.4, -0.2) is 37.6 Å². The number of hydrogen-bond donors (Lipinski definition) is 1. The van der Waals surface area contributed by atoms with Gasteiger partial charge in [-0.3, -0.25) is 14.5 Å². The number of anilines is 1. The molecule has 1 N–H and O–H groups in total. The second-order valence-electron chi connectivity index (χ2n) is 6.96. The van der Waals surface area contributed by atoms with Gasteiger partial charge < -0.3 is 14.8 Å². The van der Waals surface area contributed by atoms with Crippen molar-refractivity contribution in [2.24, 2.45) is 0 Å². The van der Waals surface area contributed by atoms with Crippen molar-refractivity contribution in [2.45, 2.75) is 18.9 Å². The average molecular weight is 457 g/mol. The third-order valence-corrected chi connectivity index (χ3v) is 5.32. The molecule has 1 saturated heterocycles. The zero-order chi connectivity index (χ0) is 20.2. The Balaban J connectivity index is 1.54. The van der Waals surface area contributed by atoms with Gasteiger partial charge in [-0.15, -0.1) is 0 Å². The molecule has 0 radical (unpaired) electrons. The zero-order valence-electron chi connectivity index (χ0n) is 15.8. The summed E-state index contributed by atoms with van der Waals surface area (Å²) >= 11 is 3.43. The van der Waals surface area contributed by atoms with E-state index in [-0.39, 0.29) is 30.2 Å². The van der Waals surface area contributed by atoms with Gasteiger partial charge in [-0.25, -0.2) is 0 Å². The highest BCUT2D eigenvalue weighted by molar-refractivity contribution is 9.10. The summed E-state index contributed by atoms with van der Waals surface area (Å²) in [7, 11) is 0. The lowest BCUT2D eigenvalue weighted by atomic mass is 10.1.